The smallest absolute Gasteiger partial charge is 0.192 e. The topological polar surface area (TPSA) is 78.2 Å². The van der Waals surface area contributed by atoms with Crippen LogP contribution < -0.4 is 0 Å². The van der Waals surface area contributed by atoms with Gasteiger partial charge in [0.15, 0.2) is 5.69 Å². The minimum absolute atomic E-state index is 0.258. The largest absolute Gasteiger partial charge is 0.239 e. The second kappa shape index (κ2) is 5.41. The van der Waals surface area contributed by atoms with E-state index in [4.69, 9.17) is 16.9 Å². The molecule has 3 aromatic rings. The molecule has 20 heavy (non-hydrogen) atoms. The molecule has 0 amide bonds. The number of rotatable bonds is 3. The molecule has 0 radical (unpaired) electrons. The molecule has 0 spiro atoms. The maximum absolute atomic E-state index is 8.93. The third-order valence-corrected chi connectivity index (χ3v) is 3.82. The molecule has 1 N–H and O–H groups in total. The van der Waals surface area contributed by atoms with E-state index in [0.29, 0.717) is 11.4 Å². The average molecular weight is 302 g/mol. The molecule has 0 fully saturated rings. The maximum Gasteiger partial charge on any atom is 0.192 e. The van der Waals surface area contributed by atoms with Crippen molar-refractivity contribution in [2.75, 3.05) is 0 Å². The highest BCUT2D eigenvalue weighted by Crippen LogP contribution is 2.23. The van der Waals surface area contributed by atoms with Crippen LogP contribution >= 0.6 is 22.9 Å². The number of nitrogens with zero attached hydrogens (tertiary/aromatic N) is 4. The number of nitrogens with one attached hydrogen (secondary N) is 1. The number of H-pyrrole nitrogens is 1. The first-order valence-electron chi connectivity index (χ1n) is 5.76. The Morgan fingerprint density at radius 3 is 2.80 bits per heavy atom. The lowest BCUT2D eigenvalue weighted by Gasteiger charge is -1.97. The van der Waals surface area contributed by atoms with E-state index >= 15 is 0 Å². The van der Waals surface area contributed by atoms with Gasteiger partial charge in [0.1, 0.15) is 17.5 Å². The molecule has 0 aliphatic heterocycles. The summed E-state index contributed by atoms with van der Waals surface area (Å²) >= 11 is 7.39. The molecule has 3 rings (SSSR count). The van der Waals surface area contributed by atoms with E-state index in [9.17, 15) is 0 Å². The molecule has 1 aromatic carbocycles. The zero-order valence-electron chi connectivity index (χ0n) is 10.2. The molecule has 2 aromatic heterocycles. The highest BCUT2D eigenvalue weighted by Gasteiger charge is 2.13. The quantitative estimate of drug-likeness (QED) is 0.806. The monoisotopic (exact) mass is 301 g/mol. The molecule has 0 aliphatic carbocycles. The van der Waals surface area contributed by atoms with Crippen LogP contribution in [-0.4, -0.2) is 20.4 Å². The number of hydrogen-bond donors (Lipinski definition) is 1. The Morgan fingerprint density at radius 1 is 1.25 bits per heavy atom. The summed E-state index contributed by atoms with van der Waals surface area (Å²) in [6.45, 7) is 0. The van der Waals surface area contributed by atoms with Gasteiger partial charge in [-0.2, -0.15) is 15.6 Å². The Bertz CT molecular complexity index is 769. The van der Waals surface area contributed by atoms with E-state index in [0.717, 1.165) is 22.0 Å². The van der Waals surface area contributed by atoms with Crippen molar-refractivity contribution < 1.29 is 0 Å². The number of nitriles is 1. The molecule has 0 aliphatic rings. The molecular formula is C13H8ClN5S. The van der Waals surface area contributed by atoms with Gasteiger partial charge < -0.3 is 0 Å². The van der Waals surface area contributed by atoms with Gasteiger partial charge in [-0.15, -0.1) is 16.4 Å². The van der Waals surface area contributed by atoms with Gasteiger partial charge in [0, 0.05) is 16.8 Å². The second-order valence-corrected chi connectivity index (χ2v) is 5.44. The van der Waals surface area contributed by atoms with E-state index in [1.807, 2.05) is 35.7 Å². The van der Waals surface area contributed by atoms with E-state index < -0.39 is 0 Å². The Labute approximate surface area is 123 Å². The molecule has 0 saturated carbocycles. The van der Waals surface area contributed by atoms with E-state index in [-0.39, 0.29) is 5.69 Å². The summed E-state index contributed by atoms with van der Waals surface area (Å²) in [4.78, 5) is 4.49. The molecule has 2 heterocycles. The summed E-state index contributed by atoms with van der Waals surface area (Å²) in [5.74, 6) is 0. The summed E-state index contributed by atoms with van der Waals surface area (Å²) < 4.78 is 0. The van der Waals surface area contributed by atoms with Crippen molar-refractivity contribution in [1.29, 1.82) is 5.26 Å². The minimum atomic E-state index is 0.258. The van der Waals surface area contributed by atoms with Crippen LogP contribution in [0.4, 0.5) is 0 Å². The van der Waals surface area contributed by atoms with Crippen molar-refractivity contribution in [3.05, 3.63) is 50.9 Å². The van der Waals surface area contributed by atoms with Crippen molar-refractivity contribution in [2.45, 2.75) is 6.42 Å². The van der Waals surface area contributed by atoms with Crippen LogP contribution in [0.25, 0.3) is 11.4 Å². The first-order chi connectivity index (χ1) is 9.76. The Hall–Kier alpha value is -2.23. The number of aromatic nitrogens is 4. The molecule has 98 valence electrons. The molecular weight excluding hydrogens is 294 g/mol. The van der Waals surface area contributed by atoms with Crippen LogP contribution in [0.5, 0.6) is 0 Å². The minimum Gasteiger partial charge on any atom is -0.239 e. The highest BCUT2D eigenvalue weighted by molar-refractivity contribution is 7.10. The number of hydrogen-bond acceptors (Lipinski definition) is 5. The summed E-state index contributed by atoms with van der Waals surface area (Å²) in [6.07, 6.45) is 0.724. The summed E-state index contributed by atoms with van der Waals surface area (Å²) in [5, 5.41) is 22.6. The normalized spacial score (nSPS) is 10.4. The van der Waals surface area contributed by atoms with E-state index in [2.05, 4.69) is 20.4 Å². The van der Waals surface area contributed by atoms with Gasteiger partial charge in [0.05, 0.1) is 5.01 Å². The van der Waals surface area contributed by atoms with Gasteiger partial charge in [-0.25, -0.2) is 4.98 Å². The Balaban J connectivity index is 1.84. The number of halogens is 1. The van der Waals surface area contributed by atoms with Gasteiger partial charge in [0.25, 0.3) is 0 Å². The fourth-order valence-electron chi connectivity index (χ4n) is 1.77. The fourth-order valence-corrected chi connectivity index (χ4v) is 2.70. The van der Waals surface area contributed by atoms with Crippen LogP contribution in [0.1, 0.15) is 16.3 Å². The number of aromatic amines is 1. The van der Waals surface area contributed by atoms with Crippen molar-refractivity contribution in [1.82, 2.24) is 20.4 Å². The summed E-state index contributed by atoms with van der Waals surface area (Å²) in [6, 6.07) is 9.65. The standard InChI is InChI=1S/C13H8ClN5S/c14-9-3-1-8(2-4-9)5-12-16-11(7-20-12)13-10(6-15)17-19-18-13/h1-4,7H,5H2,(H,17,18,19). The number of benzene rings is 1. The summed E-state index contributed by atoms with van der Waals surface area (Å²) in [7, 11) is 0. The average Bonchev–Trinajstić information content (AvgIpc) is 3.09. The van der Waals surface area contributed by atoms with E-state index in [1.54, 1.807) is 0 Å². The third-order valence-electron chi connectivity index (χ3n) is 2.72. The molecule has 0 bridgehead atoms. The van der Waals surface area contributed by atoms with Crippen LogP contribution in [0, 0.1) is 11.3 Å². The fraction of sp³-hybridized carbons (Fsp3) is 0.0769. The van der Waals surface area contributed by atoms with Gasteiger partial charge in [-0.3, -0.25) is 0 Å². The molecule has 7 heteroatoms. The third kappa shape index (κ3) is 2.54. The lowest BCUT2D eigenvalue weighted by molar-refractivity contribution is 0.936. The van der Waals surface area contributed by atoms with Crippen LogP contribution in [-0.2, 0) is 6.42 Å². The van der Waals surface area contributed by atoms with Gasteiger partial charge in [0.2, 0.25) is 0 Å². The van der Waals surface area contributed by atoms with Crippen LogP contribution in [0.3, 0.4) is 0 Å². The maximum atomic E-state index is 8.93. The van der Waals surface area contributed by atoms with Crippen LogP contribution in [0.15, 0.2) is 29.6 Å². The lowest BCUT2D eigenvalue weighted by Crippen LogP contribution is -1.88. The first-order valence-corrected chi connectivity index (χ1v) is 7.02. The second-order valence-electron chi connectivity index (χ2n) is 4.06. The van der Waals surface area contributed by atoms with Gasteiger partial charge in [-0.1, -0.05) is 23.7 Å². The zero-order valence-corrected chi connectivity index (χ0v) is 11.7. The molecule has 0 saturated heterocycles. The zero-order chi connectivity index (χ0) is 13.9. The van der Waals surface area contributed by atoms with Crippen molar-refractivity contribution in [3.63, 3.8) is 0 Å². The molecule has 0 atom stereocenters. The van der Waals surface area contributed by atoms with Gasteiger partial charge >= 0.3 is 0 Å². The number of thiazole rings is 1. The summed E-state index contributed by atoms with van der Waals surface area (Å²) in [5.41, 5.74) is 2.56. The molecule has 5 nitrogen and oxygen atoms in total. The van der Waals surface area contributed by atoms with Crippen LogP contribution in [0.2, 0.25) is 5.02 Å². The SMILES string of the molecule is N#Cc1n[nH]nc1-c1csc(Cc2ccc(Cl)cc2)n1. The predicted molar refractivity (Wildman–Crippen MR) is 76.5 cm³/mol. The predicted octanol–water partition coefficient (Wildman–Crippen LogP) is 3.04. The Morgan fingerprint density at radius 2 is 2.05 bits per heavy atom. The highest BCUT2D eigenvalue weighted by atomic mass is 35.5. The van der Waals surface area contributed by atoms with Crippen molar-refractivity contribution in [2.24, 2.45) is 0 Å². The van der Waals surface area contributed by atoms with Gasteiger partial charge in [-0.05, 0) is 17.7 Å². The lowest BCUT2D eigenvalue weighted by atomic mass is 10.2. The van der Waals surface area contributed by atoms with Crippen molar-refractivity contribution >= 4 is 22.9 Å². The first kappa shape index (κ1) is 12.8. The van der Waals surface area contributed by atoms with Crippen molar-refractivity contribution in [3.8, 4) is 17.5 Å². The molecule has 0 unspecified atom stereocenters. The Kier molecular flexibility index (Phi) is 3.46. The van der Waals surface area contributed by atoms with E-state index in [1.165, 1.54) is 11.3 Å².